The highest BCUT2D eigenvalue weighted by Gasteiger charge is 2.23. The van der Waals surface area contributed by atoms with E-state index < -0.39 is 7.54 Å². The van der Waals surface area contributed by atoms with Crippen molar-refractivity contribution in [2.24, 2.45) is 0 Å². The third-order valence-electron chi connectivity index (χ3n) is 4.44. The first-order valence-electron chi connectivity index (χ1n) is 9.48. The minimum absolute atomic E-state index is 0.673. The van der Waals surface area contributed by atoms with E-state index in [0.29, 0.717) is 5.82 Å². The molecular weight excluding hydrogens is 404 g/mol. The van der Waals surface area contributed by atoms with E-state index in [9.17, 15) is 12.9 Å². The number of ether oxygens (including phenoxy) is 1. The number of rotatable bonds is 4. The lowest BCUT2D eigenvalue weighted by Gasteiger charge is -2.02. The average molecular weight is 425 g/mol. The molecule has 158 valence electrons. The molecule has 0 spiro atoms. The Balaban J connectivity index is 0.000000628. The summed E-state index contributed by atoms with van der Waals surface area (Å²) in [6.07, 6.45) is 0. The topological polar surface area (TPSA) is 43.8 Å². The van der Waals surface area contributed by atoms with Gasteiger partial charge in [-0.15, -0.1) is 0 Å². The molecule has 4 aromatic rings. The molecule has 0 aliphatic carbocycles. The van der Waals surface area contributed by atoms with Gasteiger partial charge in [-0.3, -0.25) is 12.9 Å². The number of hydrogen-bond acceptors (Lipinski definition) is 3. The highest BCUT2D eigenvalue weighted by Crippen LogP contribution is 2.18. The average Bonchev–Trinajstić information content (AvgIpc) is 3.20. The number of methoxy groups -OCH3 is 1. The van der Waals surface area contributed by atoms with Crippen LogP contribution >= 0.6 is 0 Å². The van der Waals surface area contributed by atoms with E-state index in [1.807, 2.05) is 53.3 Å². The number of tetrazole rings is 1. The predicted octanol–water partition coefficient (Wildman–Crippen LogP) is 4.72. The third kappa shape index (κ3) is 5.72. The minimum atomic E-state index is -3.67. The van der Waals surface area contributed by atoms with E-state index in [4.69, 9.17) is 14.9 Å². The Morgan fingerprint density at radius 1 is 0.806 bits per heavy atom. The van der Waals surface area contributed by atoms with Gasteiger partial charge in [0.1, 0.15) is 11.4 Å². The van der Waals surface area contributed by atoms with E-state index in [0.717, 1.165) is 22.7 Å². The Kier molecular flexibility index (Phi) is 7.07. The lowest BCUT2D eigenvalue weighted by molar-refractivity contribution is -0.734. The van der Waals surface area contributed by atoms with Gasteiger partial charge in [0.2, 0.25) is 0 Å². The molecule has 3 aromatic carbocycles. The molecule has 0 atom stereocenters. The summed E-state index contributed by atoms with van der Waals surface area (Å²) < 4.78 is 34.3. The van der Waals surface area contributed by atoms with Gasteiger partial charge in [0.25, 0.3) is 0 Å². The second-order valence-corrected chi connectivity index (χ2v) is 6.75. The van der Waals surface area contributed by atoms with Crippen LogP contribution in [0, 0.1) is 13.8 Å². The van der Waals surface area contributed by atoms with Crippen molar-refractivity contribution in [3.63, 3.8) is 0 Å². The van der Waals surface area contributed by atoms with Crippen molar-refractivity contribution in [1.82, 2.24) is 15.0 Å². The molecule has 1 aromatic heterocycles. The maximum Gasteiger partial charge on any atom is 0.762 e. The van der Waals surface area contributed by atoms with Crippen LogP contribution in [-0.4, -0.2) is 29.6 Å². The second-order valence-electron chi connectivity index (χ2n) is 6.75. The molecule has 0 aliphatic heterocycles. The fourth-order valence-electron chi connectivity index (χ4n) is 2.83. The molecule has 1 heterocycles. The Morgan fingerprint density at radius 2 is 1.32 bits per heavy atom. The number of nitrogens with zero attached hydrogens (tertiary/aromatic N) is 4. The lowest BCUT2D eigenvalue weighted by Crippen LogP contribution is -2.43. The summed E-state index contributed by atoms with van der Waals surface area (Å²) in [6.45, 7) is 4.14. The van der Waals surface area contributed by atoms with E-state index in [2.05, 4.69) is 38.1 Å². The zero-order valence-corrected chi connectivity index (χ0v) is 17.3. The van der Waals surface area contributed by atoms with Crippen molar-refractivity contribution in [3.05, 3.63) is 83.9 Å². The summed E-state index contributed by atoms with van der Waals surface area (Å²) in [4.78, 5) is 3.62. The molecule has 31 heavy (non-hydrogen) atoms. The first kappa shape index (κ1) is 22.1. The van der Waals surface area contributed by atoms with Gasteiger partial charge in [-0.2, -0.15) is 0 Å². The van der Waals surface area contributed by atoms with Gasteiger partial charge < -0.3 is 4.74 Å². The zero-order chi connectivity index (χ0) is 22.4. The van der Waals surface area contributed by atoms with Crippen LogP contribution in [-0.2, 0) is 0 Å². The number of halogens is 3. The summed E-state index contributed by atoms with van der Waals surface area (Å²) in [5.41, 5.74) is 5.24. The van der Waals surface area contributed by atoms with Crippen LogP contribution in [0.15, 0.2) is 72.8 Å². The lowest BCUT2D eigenvalue weighted by atomic mass is 10.1. The largest absolute Gasteiger partial charge is 0.762 e. The second kappa shape index (κ2) is 9.93. The van der Waals surface area contributed by atoms with Crippen LogP contribution < -0.4 is 9.53 Å². The van der Waals surface area contributed by atoms with Crippen molar-refractivity contribution in [3.8, 4) is 28.5 Å². The van der Waals surface area contributed by atoms with Gasteiger partial charge in [-0.05, 0) is 72.3 Å². The minimum Gasteiger partial charge on any atom is -0.497 e. The molecule has 5 nitrogen and oxygen atoms in total. The fourth-order valence-corrected chi connectivity index (χ4v) is 2.83. The molecule has 0 N–H and O–H groups in total. The van der Waals surface area contributed by atoms with E-state index in [1.54, 1.807) is 11.9 Å². The molecular formula is C22H21BF3N4O+. The van der Waals surface area contributed by atoms with E-state index in [1.165, 1.54) is 11.1 Å². The molecule has 0 aliphatic rings. The SMILES string of the molecule is COc1ccc(-n2nc(-c3ccc(C)cc3)n[n+]2-c2ccc(C)cc2)cc1.FB(F)F. The maximum atomic E-state index is 9.67. The molecule has 4 rings (SSSR count). The molecule has 0 fully saturated rings. The van der Waals surface area contributed by atoms with Gasteiger partial charge in [0.05, 0.1) is 17.8 Å². The molecule has 9 heteroatoms. The monoisotopic (exact) mass is 425 g/mol. The van der Waals surface area contributed by atoms with Crippen molar-refractivity contribution in [2.75, 3.05) is 7.11 Å². The van der Waals surface area contributed by atoms with Crippen LogP contribution in [0.25, 0.3) is 22.8 Å². The number of benzene rings is 3. The third-order valence-corrected chi connectivity index (χ3v) is 4.44. The van der Waals surface area contributed by atoms with Crippen LogP contribution in [0.5, 0.6) is 5.75 Å². The summed E-state index contributed by atoms with van der Waals surface area (Å²) >= 11 is 0. The zero-order valence-electron chi connectivity index (χ0n) is 17.3. The Bertz CT molecular complexity index is 1110. The normalized spacial score (nSPS) is 10.3. The van der Waals surface area contributed by atoms with Crippen LogP contribution in [0.3, 0.4) is 0 Å². The molecule has 0 unspecified atom stereocenters. The van der Waals surface area contributed by atoms with Gasteiger partial charge in [0.15, 0.2) is 5.69 Å². The Morgan fingerprint density at radius 3 is 1.84 bits per heavy atom. The molecule has 0 amide bonds. The first-order chi connectivity index (χ1) is 14.9. The van der Waals surface area contributed by atoms with Gasteiger partial charge in [-0.1, -0.05) is 35.4 Å². The van der Waals surface area contributed by atoms with Gasteiger partial charge >= 0.3 is 13.4 Å². The summed E-state index contributed by atoms with van der Waals surface area (Å²) in [6, 6.07) is 24.2. The van der Waals surface area contributed by atoms with Crippen LogP contribution in [0.2, 0.25) is 0 Å². The number of aromatic nitrogens is 4. The highest BCUT2D eigenvalue weighted by molar-refractivity contribution is 6.33. The smallest absolute Gasteiger partial charge is 0.497 e. The van der Waals surface area contributed by atoms with Crippen molar-refractivity contribution in [2.45, 2.75) is 13.8 Å². The maximum absolute atomic E-state index is 9.67. The first-order valence-corrected chi connectivity index (χ1v) is 9.48. The van der Waals surface area contributed by atoms with Crippen molar-refractivity contribution < 1.29 is 22.5 Å². The summed E-state index contributed by atoms with van der Waals surface area (Å²) in [7, 11) is -2.01. The van der Waals surface area contributed by atoms with Crippen LogP contribution in [0.4, 0.5) is 12.9 Å². The molecule has 0 saturated heterocycles. The van der Waals surface area contributed by atoms with Crippen molar-refractivity contribution >= 4 is 7.54 Å². The molecule has 0 radical (unpaired) electrons. The summed E-state index contributed by atoms with van der Waals surface area (Å²) in [5, 5.41) is 9.53. The Hall–Kier alpha value is -3.62. The Labute approximate surface area is 178 Å². The van der Waals surface area contributed by atoms with E-state index >= 15 is 0 Å². The molecule has 0 saturated carbocycles. The quantitative estimate of drug-likeness (QED) is 0.351. The molecule has 0 bridgehead atoms. The van der Waals surface area contributed by atoms with Gasteiger partial charge in [-0.25, -0.2) is 0 Å². The standard InChI is InChI=1S/C22H21N4O.BF3/c1-16-4-8-18(9-5-16)22-23-25(19-10-6-17(2)7-11-19)26(24-22)20-12-14-21(27-3)15-13-20;2-1(3)4/h4-15H,1-3H3;/q+1;. The van der Waals surface area contributed by atoms with E-state index in [-0.39, 0.29) is 0 Å². The number of hydrogen-bond donors (Lipinski definition) is 0. The summed E-state index contributed by atoms with van der Waals surface area (Å²) in [5.74, 6) is 1.48. The predicted molar refractivity (Wildman–Crippen MR) is 113 cm³/mol. The highest BCUT2D eigenvalue weighted by atomic mass is 19.4. The van der Waals surface area contributed by atoms with Crippen LogP contribution in [0.1, 0.15) is 11.1 Å². The number of aryl methyl sites for hydroxylation is 2. The van der Waals surface area contributed by atoms with Gasteiger partial charge in [0, 0.05) is 4.80 Å². The fraction of sp³-hybridized carbons (Fsp3) is 0.136. The van der Waals surface area contributed by atoms with Crippen molar-refractivity contribution in [1.29, 1.82) is 0 Å².